The van der Waals surface area contributed by atoms with E-state index in [0.717, 1.165) is 36.5 Å². The average Bonchev–Trinajstić information content (AvgIpc) is 2.59. The third kappa shape index (κ3) is 3.93. The fraction of sp³-hybridized carbons (Fsp3) is 0.350. The van der Waals surface area contributed by atoms with E-state index in [4.69, 9.17) is 11.6 Å². The van der Waals surface area contributed by atoms with Crippen LogP contribution in [0.25, 0.3) is 0 Å². The van der Waals surface area contributed by atoms with Crippen LogP contribution in [0.5, 0.6) is 0 Å². The van der Waals surface area contributed by atoms with E-state index in [0.29, 0.717) is 18.4 Å². The van der Waals surface area contributed by atoms with Crippen molar-refractivity contribution in [3.05, 3.63) is 70.7 Å². The van der Waals surface area contributed by atoms with Crippen molar-refractivity contribution in [2.24, 2.45) is 0 Å². The Hall–Kier alpha value is -1.82. The predicted octanol–water partition coefficient (Wildman–Crippen LogP) is 5.00. The van der Waals surface area contributed by atoms with Crippen LogP contribution >= 0.6 is 11.6 Å². The molecule has 0 N–H and O–H groups in total. The van der Waals surface area contributed by atoms with Crippen molar-refractivity contribution < 1.29 is 0 Å². The lowest BCUT2D eigenvalue weighted by Gasteiger charge is -2.39. The molecule has 3 heteroatoms. The van der Waals surface area contributed by atoms with Gasteiger partial charge in [0, 0.05) is 17.6 Å². The van der Waals surface area contributed by atoms with Crippen LogP contribution in [-0.2, 0) is 6.54 Å². The summed E-state index contributed by atoms with van der Waals surface area (Å²) in [6.07, 6.45) is 2.76. The van der Waals surface area contributed by atoms with Gasteiger partial charge < -0.3 is 0 Å². The Kier molecular flexibility index (Phi) is 5.33. The molecule has 2 aromatic rings. The highest BCUT2D eigenvalue weighted by Gasteiger charge is 2.29. The van der Waals surface area contributed by atoms with Crippen LogP contribution in [0, 0.1) is 11.3 Å². The Balaban J connectivity index is 1.73. The van der Waals surface area contributed by atoms with Crippen molar-refractivity contribution in [1.29, 1.82) is 5.26 Å². The van der Waals surface area contributed by atoms with E-state index in [-0.39, 0.29) is 0 Å². The second-order valence-corrected chi connectivity index (χ2v) is 6.62. The quantitative estimate of drug-likeness (QED) is 0.791. The first kappa shape index (κ1) is 16.1. The van der Waals surface area contributed by atoms with Crippen LogP contribution in [-0.4, -0.2) is 17.5 Å². The van der Waals surface area contributed by atoms with Gasteiger partial charge in [0.05, 0.1) is 12.5 Å². The lowest BCUT2D eigenvalue weighted by atomic mass is 9.84. The molecule has 0 amide bonds. The topological polar surface area (TPSA) is 27.0 Å². The van der Waals surface area contributed by atoms with Gasteiger partial charge in [-0.05, 0) is 42.5 Å². The number of hydrogen-bond acceptors (Lipinski definition) is 2. The molecule has 2 atom stereocenters. The van der Waals surface area contributed by atoms with Crippen LogP contribution in [0.1, 0.15) is 36.3 Å². The number of piperidine rings is 1. The van der Waals surface area contributed by atoms with Gasteiger partial charge in [-0.15, -0.1) is 0 Å². The van der Waals surface area contributed by atoms with Crippen molar-refractivity contribution in [2.75, 3.05) is 6.54 Å². The zero-order valence-electron chi connectivity index (χ0n) is 13.2. The molecule has 1 aliphatic rings. The monoisotopic (exact) mass is 324 g/mol. The smallest absolute Gasteiger partial charge is 0.0638 e. The van der Waals surface area contributed by atoms with Gasteiger partial charge in [0.25, 0.3) is 0 Å². The summed E-state index contributed by atoms with van der Waals surface area (Å²) in [5, 5.41) is 10.0. The normalized spacial score (nSPS) is 21.7. The number of nitrogens with zero attached hydrogens (tertiary/aromatic N) is 2. The Morgan fingerprint density at radius 3 is 2.57 bits per heavy atom. The molecule has 2 aromatic carbocycles. The molecular weight excluding hydrogens is 304 g/mol. The summed E-state index contributed by atoms with van der Waals surface area (Å²) in [4.78, 5) is 2.42. The molecule has 23 heavy (non-hydrogen) atoms. The van der Waals surface area contributed by atoms with E-state index >= 15 is 0 Å². The van der Waals surface area contributed by atoms with E-state index < -0.39 is 0 Å². The first-order chi connectivity index (χ1) is 11.3. The Labute approximate surface area is 143 Å². The van der Waals surface area contributed by atoms with Gasteiger partial charge in [0.2, 0.25) is 0 Å². The molecular formula is C20H21ClN2. The highest BCUT2D eigenvalue weighted by molar-refractivity contribution is 6.31. The third-order valence-electron chi connectivity index (χ3n) is 4.77. The summed E-state index contributed by atoms with van der Waals surface area (Å²) >= 11 is 6.30. The lowest BCUT2D eigenvalue weighted by Crippen LogP contribution is -2.41. The van der Waals surface area contributed by atoms with Gasteiger partial charge >= 0.3 is 0 Å². The van der Waals surface area contributed by atoms with Gasteiger partial charge in [0.1, 0.15) is 0 Å². The maximum atomic E-state index is 9.21. The summed E-state index contributed by atoms with van der Waals surface area (Å²) in [5.41, 5.74) is 2.54. The number of benzene rings is 2. The average molecular weight is 325 g/mol. The molecule has 1 heterocycles. The molecule has 0 bridgehead atoms. The highest BCUT2D eigenvalue weighted by Crippen LogP contribution is 2.34. The van der Waals surface area contributed by atoms with E-state index in [1.165, 1.54) is 5.56 Å². The molecule has 1 aliphatic heterocycles. The zero-order chi connectivity index (χ0) is 16.1. The minimum Gasteiger partial charge on any atom is -0.295 e. The van der Waals surface area contributed by atoms with Gasteiger partial charge in [-0.25, -0.2) is 0 Å². The molecule has 0 aromatic heterocycles. The van der Waals surface area contributed by atoms with E-state index in [2.05, 4.69) is 47.4 Å². The van der Waals surface area contributed by atoms with Crippen molar-refractivity contribution in [3.63, 3.8) is 0 Å². The molecule has 3 rings (SSSR count). The van der Waals surface area contributed by atoms with Crippen LogP contribution in [0.3, 0.4) is 0 Å². The number of likely N-dealkylation sites (tertiary alicyclic amines) is 1. The lowest BCUT2D eigenvalue weighted by molar-refractivity contribution is 0.129. The summed E-state index contributed by atoms with van der Waals surface area (Å²) in [6.45, 7) is 1.84. The summed E-state index contributed by atoms with van der Waals surface area (Å²) in [5.74, 6) is 0.553. The molecule has 2 nitrogen and oxygen atoms in total. The maximum absolute atomic E-state index is 9.21. The second-order valence-electron chi connectivity index (χ2n) is 6.21. The third-order valence-corrected chi connectivity index (χ3v) is 5.14. The van der Waals surface area contributed by atoms with E-state index in [1.54, 1.807) is 0 Å². The summed E-state index contributed by atoms with van der Waals surface area (Å²) in [6, 6.07) is 21.3. The van der Waals surface area contributed by atoms with Gasteiger partial charge in [0.15, 0.2) is 0 Å². The number of rotatable bonds is 4. The van der Waals surface area contributed by atoms with Crippen molar-refractivity contribution >= 4 is 11.6 Å². The molecule has 0 saturated carbocycles. The molecule has 0 radical (unpaired) electrons. The minimum absolute atomic E-state index is 0.301. The number of nitriles is 1. The molecule has 0 aliphatic carbocycles. The van der Waals surface area contributed by atoms with Crippen molar-refractivity contribution in [3.8, 4) is 6.07 Å². The summed E-state index contributed by atoms with van der Waals surface area (Å²) in [7, 11) is 0. The largest absolute Gasteiger partial charge is 0.295 e. The van der Waals surface area contributed by atoms with Gasteiger partial charge in [-0.1, -0.05) is 60.1 Å². The van der Waals surface area contributed by atoms with Crippen molar-refractivity contribution in [1.82, 2.24) is 4.90 Å². The van der Waals surface area contributed by atoms with Crippen LogP contribution < -0.4 is 0 Å². The molecule has 1 saturated heterocycles. The predicted molar refractivity (Wildman–Crippen MR) is 94.3 cm³/mol. The first-order valence-electron chi connectivity index (χ1n) is 8.17. The van der Waals surface area contributed by atoms with E-state index in [9.17, 15) is 5.26 Å². The molecule has 0 unspecified atom stereocenters. The number of hydrogen-bond donors (Lipinski definition) is 0. The zero-order valence-corrected chi connectivity index (χ0v) is 13.9. The van der Waals surface area contributed by atoms with Crippen LogP contribution in [0.2, 0.25) is 5.02 Å². The minimum atomic E-state index is 0.301. The molecule has 1 fully saturated rings. The van der Waals surface area contributed by atoms with E-state index in [1.807, 2.05) is 18.2 Å². The Morgan fingerprint density at radius 1 is 1.09 bits per heavy atom. The SMILES string of the molecule is N#CC[C@H]1C[C@@H](c2ccccc2)CCN1Cc1ccccc1Cl. The highest BCUT2D eigenvalue weighted by atomic mass is 35.5. The summed E-state index contributed by atoms with van der Waals surface area (Å²) < 4.78 is 0. The first-order valence-corrected chi connectivity index (χ1v) is 8.55. The Morgan fingerprint density at radius 2 is 1.83 bits per heavy atom. The van der Waals surface area contributed by atoms with Gasteiger partial charge in [-0.2, -0.15) is 5.26 Å². The van der Waals surface area contributed by atoms with Crippen LogP contribution in [0.4, 0.5) is 0 Å². The second kappa shape index (κ2) is 7.64. The fourth-order valence-electron chi connectivity index (χ4n) is 3.50. The maximum Gasteiger partial charge on any atom is 0.0638 e. The fourth-order valence-corrected chi connectivity index (χ4v) is 3.69. The number of halogens is 1. The molecule has 118 valence electrons. The van der Waals surface area contributed by atoms with Crippen LogP contribution in [0.15, 0.2) is 54.6 Å². The standard InChI is InChI=1S/C20H21ClN2/c21-20-9-5-4-8-18(20)15-23-13-11-17(14-19(23)10-12-22)16-6-2-1-3-7-16/h1-9,17,19H,10-11,13-15H2/t17-,19-/m0/s1. The van der Waals surface area contributed by atoms with Crippen molar-refractivity contribution in [2.45, 2.75) is 37.8 Å². The van der Waals surface area contributed by atoms with Gasteiger partial charge in [-0.3, -0.25) is 4.90 Å². The Bertz CT molecular complexity index is 678. The molecule has 0 spiro atoms.